The molecule has 0 atom stereocenters. The van der Waals surface area contributed by atoms with Crippen LogP contribution < -0.4 is 16.0 Å². The monoisotopic (exact) mass is 307 g/mol. The van der Waals surface area contributed by atoms with Gasteiger partial charge in [0, 0.05) is 22.3 Å². The van der Waals surface area contributed by atoms with Gasteiger partial charge in [0.2, 0.25) is 0 Å². The molecule has 0 amide bonds. The van der Waals surface area contributed by atoms with E-state index in [1.165, 1.54) is 21.5 Å². The van der Waals surface area contributed by atoms with Gasteiger partial charge in [-0.05, 0) is 24.3 Å². The SMILES string of the molecule is O=c1ccc(=O)n2n1CN(c1ccc(Br)cc1)C2. The lowest BCUT2D eigenvalue weighted by Crippen LogP contribution is -2.32. The molecular formula is C12H10BrN3O2. The van der Waals surface area contributed by atoms with Crippen LogP contribution in [0, 0.1) is 0 Å². The van der Waals surface area contributed by atoms with Gasteiger partial charge in [0.25, 0.3) is 11.1 Å². The quantitative estimate of drug-likeness (QED) is 0.795. The third-order valence-electron chi connectivity index (χ3n) is 2.97. The minimum Gasteiger partial charge on any atom is -0.332 e. The van der Waals surface area contributed by atoms with Crippen molar-refractivity contribution in [2.45, 2.75) is 13.3 Å². The van der Waals surface area contributed by atoms with Crippen molar-refractivity contribution >= 4 is 21.6 Å². The Labute approximate surface area is 111 Å². The smallest absolute Gasteiger partial charge is 0.267 e. The minimum atomic E-state index is -0.158. The molecule has 0 saturated heterocycles. The third kappa shape index (κ3) is 1.78. The number of anilines is 1. The summed E-state index contributed by atoms with van der Waals surface area (Å²) in [6.07, 6.45) is 0. The molecule has 1 aromatic heterocycles. The highest BCUT2D eigenvalue weighted by molar-refractivity contribution is 9.10. The molecule has 2 heterocycles. The summed E-state index contributed by atoms with van der Waals surface area (Å²) >= 11 is 3.38. The molecule has 2 aromatic rings. The van der Waals surface area contributed by atoms with Crippen molar-refractivity contribution in [2.75, 3.05) is 4.90 Å². The fourth-order valence-corrected chi connectivity index (χ4v) is 2.29. The molecule has 0 saturated carbocycles. The molecule has 1 aliphatic heterocycles. The molecule has 1 aromatic carbocycles. The van der Waals surface area contributed by atoms with Crippen LogP contribution in [0.3, 0.4) is 0 Å². The van der Waals surface area contributed by atoms with Crippen molar-refractivity contribution in [1.29, 1.82) is 0 Å². The zero-order chi connectivity index (χ0) is 12.7. The number of nitrogens with zero attached hydrogens (tertiary/aromatic N) is 3. The Morgan fingerprint density at radius 1 is 0.833 bits per heavy atom. The van der Waals surface area contributed by atoms with Gasteiger partial charge in [0.1, 0.15) is 13.3 Å². The zero-order valence-corrected chi connectivity index (χ0v) is 11.0. The van der Waals surface area contributed by atoms with Gasteiger partial charge in [-0.3, -0.25) is 9.59 Å². The maximum absolute atomic E-state index is 11.7. The molecule has 1 aliphatic rings. The van der Waals surface area contributed by atoms with Crippen LogP contribution in [-0.4, -0.2) is 9.36 Å². The first-order valence-electron chi connectivity index (χ1n) is 5.47. The number of aromatic nitrogens is 2. The standard InChI is InChI=1S/C12H10BrN3O2/c13-9-1-3-10(4-2-9)14-7-15-11(17)5-6-12(18)16(15)8-14/h1-6H,7-8H2. The average Bonchev–Trinajstić information content (AvgIpc) is 2.81. The second-order valence-corrected chi connectivity index (χ2v) is 5.02. The van der Waals surface area contributed by atoms with Gasteiger partial charge in [-0.2, -0.15) is 0 Å². The van der Waals surface area contributed by atoms with Crippen molar-refractivity contribution < 1.29 is 0 Å². The van der Waals surface area contributed by atoms with Gasteiger partial charge in [-0.15, -0.1) is 0 Å². The molecule has 0 unspecified atom stereocenters. The van der Waals surface area contributed by atoms with Gasteiger partial charge in [0.05, 0.1) is 0 Å². The Hall–Kier alpha value is -1.82. The largest absolute Gasteiger partial charge is 0.332 e. The van der Waals surface area contributed by atoms with Crippen LogP contribution in [0.1, 0.15) is 0 Å². The van der Waals surface area contributed by atoms with Crippen molar-refractivity contribution in [1.82, 2.24) is 9.36 Å². The second-order valence-electron chi connectivity index (χ2n) is 4.11. The first-order chi connectivity index (χ1) is 8.65. The topological polar surface area (TPSA) is 47.2 Å². The molecule has 18 heavy (non-hydrogen) atoms. The van der Waals surface area contributed by atoms with Crippen molar-refractivity contribution in [3.63, 3.8) is 0 Å². The van der Waals surface area contributed by atoms with E-state index in [1.807, 2.05) is 29.2 Å². The van der Waals surface area contributed by atoms with Crippen molar-refractivity contribution in [3.05, 3.63) is 61.6 Å². The molecule has 0 radical (unpaired) electrons. The maximum Gasteiger partial charge on any atom is 0.267 e. The van der Waals surface area contributed by atoms with Gasteiger partial charge < -0.3 is 4.90 Å². The van der Waals surface area contributed by atoms with Crippen LogP contribution in [0.2, 0.25) is 0 Å². The molecule has 5 nitrogen and oxygen atoms in total. The van der Waals surface area contributed by atoms with Crippen LogP contribution >= 0.6 is 15.9 Å². The summed E-state index contributed by atoms with van der Waals surface area (Å²) in [5.74, 6) is 0. The summed E-state index contributed by atoms with van der Waals surface area (Å²) in [5.41, 5.74) is 0.664. The molecule has 3 rings (SSSR count). The Kier molecular flexibility index (Phi) is 2.59. The van der Waals surface area contributed by atoms with E-state index >= 15 is 0 Å². The Bertz CT molecular complexity index is 663. The minimum absolute atomic E-state index is 0.158. The van der Waals surface area contributed by atoms with E-state index in [2.05, 4.69) is 15.9 Å². The summed E-state index contributed by atoms with van der Waals surface area (Å²) in [4.78, 5) is 25.3. The first kappa shape index (κ1) is 11.3. The van der Waals surface area contributed by atoms with Gasteiger partial charge in [-0.1, -0.05) is 15.9 Å². The Balaban J connectivity index is 2.00. The molecule has 0 fully saturated rings. The Morgan fingerprint density at radius 2 is 1.33 bits per heavy atom. The fraction of sp³-hybridized carbons (Fsp3) is 0.167. The molecule has 6 heteroatoms. The lowest BCUT2D eigenvalue weighted by molar-refractivity contribution is 0.548. The van der Waals surface area contributed by atoms with Crippen LogP contribution in [0.4, 0.5) is 5.69 Å². The predicted octanol–water partition coefficient (Wildman–Crippen LogP) is 1.21. The Morgan fingerprint density at radius 3 is 1.83 bits per heavy atom. The predicted molar refractivity (Wildman–Crippen MR) is 71.6 cm³/mol. The molecule has 0 N–H and O–H groups in total. The third-order valence-corrected chi connectivity index (χ3v) is 3.50. The number of halogens is 1. The fourth-order valence-electron chi connectivity index (χ4n) is 2.03. The maximum atomic E-state index is 11.7. The number of benzene rings is 1. The van der Waals surface area contributed by atoms with Crippen molar-refractivity contribution in [3.8, 4) is 0 Å². The number of hydrogen-bond acceptors (Lipinski definition) is 3. The van der Waals surface area contributed by atoms with Crippen LogP contribution in [-0.2, 0) is 13.3 Å². The molecular weight excluding hydrogens is 298 g/mol. The van der Waals surface area contributed by atoms with Crippen LogP contribution in [0.25, 0.3) is 0 Å². The van der Waals surface area contributed by atoms with E-state index in [-0.39, 0.29) is 11.1 Å². The molecule has 92 valence electrons. The lowest BCUT2D eigenvalue weighted by Gasteiger charge is -2.15. The van der Waals surface area contributed by atoms with Crippen LogP contribution in [0.5, 0.6) is 0 Å². The highest BCUT2D eigenvalue weighted by Crippen LogP contribution is 2.20. The molecule has 0 bridgehead atoms. The van der Waals surface area contributed by atoms with E-state index in [0.717, 1.165) is 10.2 Å². The summed E-state index contributed by atoms with van der Waals surface area (Å²) in [6.45, 7) is 0.799. The first-order valence-corrected chi connectivity index (χ1v) is 6.26. The average molecular weight is 308 g/mol. The van der Waals surface area contributed by atoms with E-state index in [4.69, 9.17) is 0 Å². The summed E-state index contributed by atoms with van der Waals surface area (Å²) in [5, 5.41) is 0. The van der Waals surface area contributed by atoms with Gasteiger partial charge >= 0.3 is 0 Å². The van der Waals surface area contributed by atoms with E-state index in [1.54, 1.807) is 0 Å². The molecule has 0 aliphatic carbocycles. The lowest BCUT2D eigenvalue weighted by atomic mass is 10.3. The summed E-state index contributed by atoms with van der Waals surface area (Å²) in [6, 6.07) is 10.4. The van der Waals surface area contributed by atoms with Gasteiger partial charge in [0.15, 0.2) is 0 Å². The number of fused-ring (bicyclic) bond motifs is 1. The van der Waals surface area contributed by atoms with E-state index < -0.39 is 0 Å². The second kappa shape index (κ2) is 4.13. The van der Waals surface area contributed by atoms with Gasteiger partial charge in [-0.25, -0.2) is 9.36 Å². The number of rotatable bonds is 1. The van der Waals surface area contributed by atoms with Crippen LogP contribution in [0.15, 0.2) is 50.5 Å². The highest BCUT2D eigenvalue weighted by atomic mass is 79.9. The highest BCUT2D eigenvalue weighted by Gasteiger charge is 2.19. The van der Waals surface area contributed by atoms with Crippen molar-refractivity contribution in [2.24, 2.45) is 0 Å². The summed E-state index contributed by atoms with van der Waals surface area (Å²) < 4.78 is 3.90. The summed E-state index contributed by atoms with van der Waals surface area (Å²) in [7, 11) is 0. The number of hydrogen-bond donors (Lipinski definition) is 0. The van der Waals surface area contributed by atoms with E-state index in [9.17, 15) is 9.59 Å². The van der Waals surface area contributed by atoms with E-state index in [0.29, 0.717) is 13.3 Å². The zero-order valence-electron chi connectivity index (χ0n) is 9.41. The normalized spacial score (nSPS) is 13.7. The molecule has 0 spiro atoms.